The molecular formula is C20H21NO3S2. The molecule has 0 saturated heterocycles. The van der Waals surface area contributed by atoms with Crippen LogP contribution in [0.4, 0.5) is 0 Å². The Morgan fingerprint density at radius 1 is 1.08 bits per heavy atom. The third-order valence-corrected chi connectivity index (χ3v) is 7.09. The Morgan fingerprint density at radius 3 is 2.35 bits per heavy atom. The van der Waals surface area contributed by atoms with Crippen LogP contribution in [0, 0.1) is 6.92 Å². The highest BCUT2D eigenvalue weighted by Crippen LogP contribution is 2.37. The first kappa shape index (κ1) is 18.7. The van der Waals surface area contributed by atoms with Gasteiger partial charge in [0, 0.05) is 10.8 Å². The van der Waals surface area contributed by atoms with Gasteiger partial charge in [-0.2, -0.15) is 4.98 Å². The molecule has 0 aliphatic carbocycles. The van der Waals surface area contributed by atoms with Crippen molar-refractivity contribution in [2.75, 3.05) is 0 Å². The van der Waals surface area contributed by atoms with Gasteiger partial charge >= 0.3 is 0 Å². The van der Waals surface area contributed by atoms with Crippen LogP contribution in [0.2, 0.25) is 0 Å². The van der Waals surface area contributed by atoms with Crippen LogP contribution in [0.25, 0.3) is 11.5 Å². The molecule has 0 amide bonds. The lowest BCUT2D eigenvalue weighted by atomic mass is 10.2. The van der Waals surface area contributed by atoms with Gasteiger partial charge in [0.05, 0.1) is 4.90 Å². The van der Waals surface area contributed by atoms with Crippen molar-refractivity contribution in [3.63, 3.8) is 0 Å². The number of oxazole rings is 1. The molecule has 0 aliphatic heterocycles. The van der Waals surface area contributed by atoms with Gasteiger partial charge in [-0.3, -0.25) is 0 Å². The molecule has 1 heterocycles. The fourth-order valence-electron chi connectivity index (χ4n) is 2.34. The molecule has 0 fully saturated rings. The monoisotopic (exact) mass is 387 g/mol. The number of hydrogen-bond acceptors (Lipinski definition) is 5. The molecule has 1 aromatic heterocycles. The molecule has 0 bridgehead atoms. The number of thioether (sulfide) groups is 1. The second-order valence-corrected chi connectivity index (χ2v) is 9.41. The largest absolute Gasteiger partial charge is 0.428 e. The van der Waals surface area contributed by atoms with Crippen LogP contribution in [-0.2, 0) is 9.84 Å². The molecule has 0 aliphatic rings. The standard InChI is InChI=1S/C20H21NO3S2/c1-4-15(3)25-20-19(21-18(24-20)16-8-6-5-7-9-16)26(22,23)17-12-10-14(2)11-13-17/h5-13,15H,4H2,1-3H3. The topological polar surface area (TPSA) is 60.2 Å². The van der Waals surface area contributed by atoms with Gasteiger partial charge < -0.3 is 4.42 Å². The van der Waals surface area contributed by atoms with Gasteiger partial charge in [0.2, 0.25) is 25.8 Å². The summed E-state index contributed by atoms with van der Waals surface area (Å²) in [6, 6.07) is 16.1. The average Bonchev–Trinajstić information content (AvgIpc) is 3.07. The minimum absolute atomic E-state index is 0.00879. The van der Waals surface area contributed by atoms with Crippen LogP contribution in [0.3, 0.4) is 0 Å². The Kier molecular flexibility index (Phi) is 5.53. The molecule has 0 saturated carbocycles. The molecule has 0 spiro atoms. The zero-order chi connectivity index (χ0) is 18.7. The molecule has 4 nitrogen and oxygen atoms in total. The van der Waals surface area contributed by atoms with E-state index in [1.807, 2.05) is 44.2 Å². The van der Waals surface area contributed by atoms with E-state index >= 15 is 0 Å². The van der Waals surface area contributed by atoms with Crippen molar-refractivity contribution in [1.82, 2.24) is 4.98 Å². The summed E-state index contributed by atoms with van der Waals surface area (Å²) in [4.78, 5) is 4.59. The summed E-state index contributed by atoms with van der Waals surface area (Å²) in [5.41, 5.74) is 1.76. The first-order chi connectivity index (χ1) is 12.4. The van der Waals surface area contributed by atoms with Crippen molar-refractivity contribution < 1.29 is 12.8 Å². The van der Waals surface area contributed by atoms with E-state index in [0.717, 1.165) is 17.5 Å². The zero-order valence-corrected chi connectivity index (χ0v) is 16.6. The quantitative estimate of drug-likeness (QED) is 0.532. The summed E-state index contributed by atoms with van der Waals surface area (Å²) < 4.78 is 32.2. The van der Waals surface area contributed by atoms with Crippen LogP contribution in [0.1, 0.15) is 25.8 Å². The maximum Gasteiger partial charge on any atom is 0.228 e. The van der Waals surface area contributed by atoms with Gasteiger partial charge in [0.1, 0.15) is 0 Å². The smallest absolute Gasteiger partial charge is 0.228 e. The van der Waals surface area contributed by atoms with Crippen molar-refractivity contribution in [2.24, 2.45) is 0 Å². The number of rotatable bonds is 6. The first-order valence-electron chi connectivity index (χ1n) is 8.46. The first-order valence-corrected chi connectivity index (χ1v) is 10.8. The molecular weight excluding hydrogens is 366 g/mol. The van der Waals surface area contributed by atoms with Gasteiger partial charge in [0.25, 0.3) is 0 Å². The predicted molar refractivity (Wildman–Crippen MR) is 104 cm³/mol. The molecule has 1 atom stereocenters. The highest BCUT2D eigenvalue weighted by atomic mass is 32.2. The van der Waals surface area contributed by atoms with Crippen molar-refractivity contribution in [3.05, 3.63) is 60.2 Å². The fraction of sp³-hybridized carbons (Fsp3) is 0.250. The van der Waals surface area contributed by atoms with Gasteiger partial charge in [0.15, 0.2) is 0 Å². The Labute approximate surface area is 158 Å². The number of sulfone groups is 1. The van der Waals surface area contributed by atoms with Gasteiger partial charge in [-0.15, -0.1) is 0 Å². The molecule has 2 aromatic carbocycles. The third-order valence-electron chi connectivity index (χ3n) is 4.06. The summed E-state index contributed by atoms with van der Waals surface area (Å²) >= 11 is 1.40. The van der Waals surface area contributed by atoms with E-state index in [1.54, 1.807) is 24.3 Å². The predicted octanol–water partition coefficient (Wildman–Crippen LogP) is 5.37. The van der Waals surface area contributed by atoms with Crippen LogP contribution in [-0.4, -0.2) is 18.7 Å². The molecule has 0 radical (unpaired) electrons. The minimum atomic E-state index is -3.75. The van der Waals surface area contributed by atoms with Crippen molar-refractivity contribution in [1.29, 1.82) is 0 Å². The molecule has 1 unspecified atom stereocenters. The van der Waals surface area contributed by atoms with E-state index in [0.29, 0.717) is 11.0 Å². The van der Waals surface area contributed by atoms with E-state index in [-0.39, 0.29) is 15.2 Å². The number of benzene rings is 2. The maximum absolute atomic E-state index is 13.1. The maximum atomic E-state index is 13.1. The fourth-order valence-corrected chi connectivity index (χ4v) is 4.80. The van der Waals surface area contributed by atoms with Crippen LogP contribution >= 0.6 is 11.8 Å². The van der Waals surface area contributed by atoms with Crippen LogP contribution in [0.5, 0.6) is 0 Å². The van der Waals surface area contributed by atoms with Crippen LogP contribution in [0.15, 0.2) is 74.0 Å². The lowest BCUT2D eigenvalue weighted by molar-refractivity contribution is 0.469. The van der Waals surface area contributed by atoms with Crippen LogP contribution < -0.4 is 0 Å². The van der Waals surface area contributed by atoms with E-state index in [9.17, 15) is 8.42 Å². The number of nitrogens with zero attached hydrogens (tertiary/aromatic N) is 1. The summed E-state index contributed by atoms with van der Waals surface area (Å²) in [7, 11) is -3.75. The molecule has 136 valence electrons. The Bertz CT molecular complexity index is 978. The minimum Gasteiger partial charge on any atom is -0.428 e. The average molecular weight is 388 g/mol. The van der Waals surface area contributed by atoms with E-state index in [1.165, 1.54) is 11.8 Å². The van der Waals surface area contributed by atoms with Gasteiger partial charge in [-0.1, -0.05) is 61.5 Å². The Balaban J connectivity index is 2.12. The van der Waals surface area contributed by atoms with Gasteiger partial charge in [-0.05, 0) is 37.6 Å². The molecule has 6 heteroatoms. The van der Waals surface area contributed by atoms with Crippen molar-refractivity contribution in [3.8, 4) is 11.5 Å². The number of hydrogen-bond donors (Lipinski definition) is 0. The highest BCUT2D eigenvalue weighted by Gasteiger charge is 2.29. The second kappa shape index (κ2) is 7.68. The normalized spacial score (nSPS) is 12.9. The van der Waals surface area contributed by atoms with E-state index < -0.39 is 9.84 Å². The number of aryl methyl sites for hydroxylation is 1. The molecule has 3 aromatic rings. The van der Waals surface area contributed by atoms with Gasteiger partial charge in [-0.25, -0.2) is 8.42 Å². The summed E-state index contributed by atoms with van der Waals surface area (Å²) in [6.07, 6.45) is 0.899. The summed E-state index contributed by atoms with van der Waals surface area (Å²) in [6.45, 7) is 6.02. The lowest BCUT2D eigenvalue weighted by Crippen LogP contribution is -2.05. The molecule has 0 N–H and O–H groups in total. The van der Waals surface area contributed by atoms with Crippen molar-refractivity contribution >= 4 is 21.6 Å². The Hall–Kier alpha value is -2.05. The number of aromatic nitrogens is 1. The third kappa shape index (κ3) is 3.86. The van der Waals surface area contributed by atoms with E-state index in [4.69, 9.17) is 4.42 Å². The zero-order valence-electron chi connectivity index (χ0n) is 15.0. The summed E-state index contributed by atoms with van der Waals surface area (Å²) in [5.74, 6) is 0.321. The Morgan fingerprint density at radius 2 is 1.73 bits per heavy atom. The van der Waals surface area contributed by atoms with Crippen molar-refractivity contribution in [2.45, 2.75) is 47.5 Å². The second-order valence-electron chi connectivity index (χ2n) is 6.13. The van der Waals surface area contributed by atoms with E-state index in [2.05, 4.69) is 11.9 Å². The molecule has 3 rings (SSSR count). The SMILES string of the molecule is CCC(C)Sc1oc(-c2ccccc2)nc1S(=O)(=O)c1ccc(C)cc1. The lowest BCUT2D eigenvalue weighted by Gasteiger charge is -2.07. The highest BCUT2D eigenvalue weighted by molar-refractivity contribution is 8.00. The summed E-state index contributed by atoms with van der Waals surface area (Å²) in [5, 5.41) is 0.558. The molecule has 26 heavy (non-hydrogen) atoms.